The van der Waals surface area contributed by atoms with Crippen LogP contribution in [0.1, 0.15) is 58.8 Å². The number of hydrogen-bond donors (Lipinski definition) is 1. The molecule has 2 rings (SSSR count). The van der Waals surface area contributed by atoms with Crippen molar-refractivity contribution in [3.63, 3.8) is 0 Å². The van der Waals surface area contributed by atoms with E-state index < -0.39 is 5.60 Å². The summed E-state index contributed by atoms with van der Waals surface area (Å²) in [7, 11) is 0. The highest BCUT2D eigenvalue weighted by Crippen LogP contribution is 2.17. The van der Waals surface area contributed by atoms with Gasteiger partial charge in [0.25, 0.3) is 0 Å². The highest BCUT2D eigenvalue weighted by atomic mass is 16.6. The molecule has 0 aromatic carbocycles. The number of likely N-dealkylation sites (tertiary alicyclic amines) is 1. The molecule has 1 atom stereocenters. The molecule has 1 N–H and O–H groups in total. The van der Waals surface area contributed by atoms with Crippen LogP contribution in [-0.4, -0.2) is 50.9 Å². The minimum atomic E-state index is -0.476. The van der Waals surface area contributed by atoms with Crippen LogP contribution in [0.25, 0.3) is 0 Å². The summed E-state index contributed by atoms with van der Waals surface area (Å²) in [6, 6.07) is 0.116. The van der Waals surface area contributed by atoms with E-state index in [1.807, 2.05) is 20.8 Å². The van der Waals surface area contributed by atoms with Crippen LogP contribution < -0.4 is 5.32 Å². The summed E-state index contributed by atoms with van der Waals surface area (Å²) in [6.07, 6.45) is 3.31. The maximum atomic E-state index is 12.2. The maximum absolute atomic E-state index is 12.2. The van der Waals surface area contributed by atoms with Gasteiger partial charge in [-0.25, -0.2) is 9.78 Å². The number of piperidine rings is 1. The SMILES string of the molecule is CCc1nnc(NC2CCCN(C(=O)OC(C)(C)C)C2)nc1CC. The smallest absolute Gasteiger partial charge is 0.410 e. The third-order valence-corrected chi connectivity index (χ3v) is 3.92. The average Bonchev–Trinajstić information content (AvgIpc) is 2.53. The Balaban J connectivity index is 1.99. The predicted molar refractivity (Wildman–Crippen MR) is 93.0 cm³/mol. The quantitative estimate of drug-likeness (QED) is 0.911. The minimum Gasteiger partial charge on any atom is -0.444 e. The Morgan fingerprint density at radius 3 is 2.58 bits per heavy atom. The van der Waals surface area contributed by atoms with Gasteiger partial charge in [0.1, 0.15) is 5.60 Å². The van der Waals surface area contributed by atoms with Gasteiger partial charge < -0.3 is 15.0 Å². The van der Waals surface area contributed by atoms with Crippen molar-refractivity contribution in [2.75, 3.05) is 18.4 Å². The normalized spacial score (nSPS) is 18.4. The maximum Gasteiger partial charge on any atom is 0.410 e. The van der Waals surface area contributed by atoms with Gasteiger partial charge in [0.15, 0.2) is 0 Å². The molecule has 0 aliphatic carbocycles. The molecule has 1 aromatic rings. The first-order valence-electron chi connectivity index (χ1n) is 8.79. The Bertz CT molecular complexity index is 571. The topological polar surface area (TPSA) is 80.2 Å². The molecule has 7 nitrogen and oxygen atoms in total. The molecular formula is C17H29N5O2. The average molecular weight is 335 g/mol. The highest BCUT2D eigenvalue weighted by molar-refractivity contribution is 5.68. The van der Waals surface area contributed by atoms with E-state index >= 15 is 0 Å². The van der Waals surface area contributed by atoms with E-state index in [0.29, 0.717) is 12.5 Å². The van der Waals surface area contributed by atoms with Crippen molar-refractivity contribution < 1.29 is 9.53 Å². The number of hydrogen-bond acceptors (Lipinski definition) is 6. The van der Waals surface area contributed by atoms with Crippen molar-refractivity contribution >= 4 is 12.0 Å². The lowest BCUT2D eigenvalue weighted by Gasteiger charge is -2.34. The Morgan fingerprint density at radius 1 is 1.25 bits per heavy atom. The van der Waals surface area contributed by atoms with Crippen LogP contribution >= 0.6 is 0 Å². The molecule has 24 heavy (non-hydrogen) atoms. The molecule has 1 aliphatic rings. The summed E-state index contributed by atoms with van der Waals surface area (Å²) in [5, 5.41) is 11.8. The van der Waals surface area contributed by atoms with Crippen LogP contribution in [0.2, 0.25) is 0 Å². The lowest BCUT2D eigenvalue weighted by Crippen LogP contribution is -2.47. The molecule has 0 bridgehead atoms. The largest absolute Gasteiger partial charge is 0.444 e. The van der Waals surface area contributed by atoms with Gasteiger partial charge in [-0.1, -0.05) is 13.8 Å². The predicted octanol–water partition coefficient (Wildman–Crippen LogP) is 2.81. The van der Waals surface area contributed by atoms with Crippen molar-refractivity contribution in [3.05, 3.63) is 11.4 Å². The summed E-state index contributed by atoms with van der Waals surface area (Å²) in [4.78, 5) is 18.5. The van der Waals surface area contributed by atoms with Gasteiger partial charge in [0.05, 0.1) is 11.4 Å². The van der Waals surface area contributed by atoms with Gasteiger partial charge in [0.2, 0.25) is 5.95 Å². The molecule has 1 saturated heterocycles. The van der Waals surface area contributed by atoms with Gasteiger partial charge >= 0.3 is 6.09 Å². The molecule has 1 unspecified atom stereocenters. The van der Waals surface area contributed by atoms with Crippen LogP contribution in [0.5, 0.6) is 0 Å². The molecule has 0 saturated carbocycles. The van der Waals surface area contributed by atoms with Gasteiger partial charge in [-0.05, 0) is 46.5 Å². The molecule has 7 heteroatoms. The Labute approximate surface area is 144 Å². The number of nitrogens with one attached hydrogen (secondary N) is 1. The van der Waals surface area contributed by atoms with Crippen molar-refractivity contribution in [2.24, 2.45) is 0 Å². The van der Waals surface area contributed by atoms with Gasteiger partial charge in [0, 0.05) is 19.1 Å². The number of rotatable bonds is 4. The number of aromatic nitrogens is 3. The number of amides is 1. The second kappa shape index (κ2) is 7.77. The summed E-state index contributed by atoms with van der Waals surface area (Å²) >= 11 is 0. The number of carbonyl (C=O) groups is 1. The van der Waals surface area contributed by atoms with Gasteiger partial charge in [-0.3, -0.25) is 0 Å². The third-order valence-electron chi connectivity index (χ3n) is 3.92. The summed E-state index contributed by atoms with van der Waals surface area (Å²) in [5.41, 5.74) is 1.45. The van der Waals surface area contributed by atoms with E-state index in [2.05, 4.69) is 34.3 Å². The van der Waals surface area contributed by atoms with Crippen LogP contribution in [0, 0.1) is 0 Å². The molecular weight excluding hydrogens is 306 g/mol. The molecule has 1 aliphatic heterocycles. The minimum absolute atomic E-state index is 0.116. The number of aryl methyl sites for hydroxylation is 2. The summed E-state index contributed by atoms with van der Waals surface area (Å²) < 4.78 is 5.46. The van der Waals surface area contributed by atoms with Crippen molar-refractivity contribution in [2.45, 2.75) is 71.9 Å². The second-order valence-corrected chi connectivity index (χ2v) is 7.15. The molecule has 1 amide bonds. The zero-order valence-corrected chi connectivity index (χ0v) is 15.4. The molecule has 1 fully saturated rings. The lowest BCUT2D eigenvalue weighted by molar-refractivity contribution is 0.0206. The van der Waals surface area contributed by atoms with Crippen LogP contribution in [0.15, 0.2) is 0 Å². The standard InChI is InChI=1S/C17H29N5O2/c1-6-13-14(7-2)20-21-15(19-13)18-12-9-8-10-22(11-12)16(23)24-17(3,4)5/h12H,6-11H2,1-5H3,(H,18,19,21). The van der Waals surface area contributed by atoms with Crippen LogP contribution in [0.4, 0.5) is 10.7 Å². The summed E-state index contributed by atoms with van der Waals surface area (Å²) in [5.74, 6) is 0.542. The fraction of sp³-hybridized carbons (Fsp3) is 0.765. The molecule has 134 valence electrons. The number of carbonyl (C=O) groups excluding carboxylic acids is 1. The number of ether oxygens (including phenoxy) is 1. The van der Waals surface area contributed by atoms with Gasteiger partial charge in [-0.15, -0.1) is 5.10 Å². The molecule has 0 radical (unpaired) electrons. The monoisotopic (exact) mass is 335 g/mol. The van der Waals surface area contributed by atoms with Crippen molar-refractivity contribution in [1.82, 2.24) is 20.1 Å². The second-order valence-electron chi connectivity index (χ2n) is 7.15. The van der Waals surface area contributed by atoms with E-state index in [9.17, 15) is 4.79 Å². The molecule has 2 heterocycles. The van der Waals surface area contributed by atoms with E-state index in [-0.39, 0.29) is 12.1 Å². The van der Waals surface area contributed by atoms with Crippen molar-refractivity contribution in [1.29, 1.82) is 0 Å². The Kier molecular flexibility index (Phi) is 5.96. The molecule has 1 aromatic heterocycles. The third kappa shape index (κ3) is 5.04. The Hall–Kier alpha value is -1.92. The first-order chi connectivity index (χ1) is 11.3. The first-order valence-corrected chi connectivity index (χ1v) is 8.79. The molecule has 0 spiro atoms. The summed E-state index contributed by atoms with van der Waals surface area (Å²) in [6.45, 7) is 11.1. The number of anilines is 1. The number of nitrogens with zero attached hydrogens (tertiary/aromatic N) is 4. The first kappa shape index (κ1) is 18.4. The fourth-order valence-electron chi connectivity index (χ4n) is 2.77. The van der Waals surface area contributed by atoms with E-state index in [4.69, 9.17) is 4.74 Å². The fourth-order valence-corrected chi connectivity index (χ4v) is 2.77. The van der Waals surface area contributed by atoms with E-state index in [1.54, 1.807) is 4.90 Å². The zero-order valence-electron chi connectivity index (χ0n) is 15.4. The zero-order chi connectivity index (χ0) is 17.7. The highest BCUT2D eigenvalue weighted by Gasteiger charge is 2.28. The van der Waals surface area contributed by atoms with E-state index in [0.717, 1.165) is 43.6 Å². The van der Waals surface area contributed by atoms with Gasteiger partial charge in [-0.2, -0.15) is 5.10 Å². The Morgan fingerprint density at radius 2 is 1.96 bits per heavy atom. The van der Waals surface area contributed by atoms with E-state index in [1.165, 1.54) is 0 Å². The van der Waals surface area contributed by atoms with Crippen molar-refractivity contribution in [3.8, 4) is 0 Å². The lowest BCUT2D eigenvalue weighted by atomic mass is 10.1. The van der Waals surface area contributed by atoms with Crippen LogP contribution in [0.3, 0.4) is 0 Å². The van der Waals surface area contributed by atoms with Crippen LogP contribution in [-0.2, 0) is 17.6 Å².